The number of halogens is 1. The molecule has 2 aliphatic rings. The Kier molecular flexibility index (Phi) is 6.15. The second-order valence-electron chi connectivity index (χ2n) is 7.78. The molecule has 27 heavy (non-hydrogen) atoms. The molecule has 3 rings (SSSR count). The van der Waals surface area contributed by atoms with Gasteiger partial charge in [-0.15, -0.1) is 0 Å². The Morgan fingerprint density at radius 1 is 1.15 bits per heavy atom. The van der Waals surface area contributed by atoms with Crippen LogP contribution in [-0.4, -0.2) is 46.5 Å². The maximum absolute atomic E-state index is 14.1. The minimum absolute atomic E-state index is 0.0186. The summed E-state index contributed by atoms with van der Waals surface area (Å²) in [6, 6.07) is 4.47. The number of rotatable bonds is 5. The summed E-state index contributed by atoms with van der Waals surface area (Å²) in [6.07, 6.45) is 8.15. The average Bonchev–Trinajstić information content (AvgIpc) is 2.91. The predicted molar refractivity (Wildman–Crippen MR) is 99.7 cm³/mol. The molecule has 0 unspecified atom stereocenters. The molecule has 1 aromatic rings. The summed E-state index contributed by atoms with van der Waals surface area (Å²) in [5.41, 5.74) is -1.36. The highest BCUT2D eigenvalue weighted by Gasteiger charge is 2.45. The van der Waals surface area contributed by atoms with Crippen molar-refractivity contribution in [2.24, 2.45) is 0 Å². The van der Waals surface area contributed by atoms with Crippen molar-refractivity contribution < 1.29 is 23.8 Å². The average molecular weight is 377 g/mol. The van der Waals surface area contributed by atoms with Crippen LogP contribution in [0.15, 0.2) is 18.2 Å². The van der Waals surface area contributed by atoms with Crippen LogP contribution in [0.4, 0.5) is 4.39 Å². The number of carbonyl (C=O) groups excluding carboxylic acids is 1. The largest absolute Gasteiger partial charge is 0.478 e. The maximum atomic E-state index is 14.1. The highest BCUT2D eigenvalue weighted by Crippen LogP contribution is 2.33. The molecule has 0 aromatic heterocycles. The lowest BCUT2D eigenvalue weighted by atomic mass is 9.89. The first-order chi connectivity index (χ1) is 12.9. The molecule has 1 N–H and O–H groups in total. The van der Waals surface area contributed by atoms with Gasteiger partial charge in [0.1, 0.15) is 11.6 Å². The number of ether oxygens (including phenoxy) is 1. The van der Waals surface area contributed by atoms with Gasteiger partial charge in [0.05, 0.1) is 5.56 Å². The fraction of sp³-hybridized carbons (Fsp3) is 0.619. The number of Topliss-reactive ketones (excluding diaryl/α,β-unsaturated/α-hetero) is 1. The maximum Gasteiger partial charge on any atom is 0.348 e. The predicted octanol–water partition coefficient (Wildman–Crippen LogP) is 4.05. The summed E-state index contributed by atoms with van der Waals surface area (Å²) in [7, 11) is 0. The van der Waals surface area contributed by atoms with Gasteiger partial charge in [0.2, 0.25) is 5.60 Å². The van der Waals surface area contributed by atoms with E-state index >= 15 is 0 Å². The van der Waals surface area contributed by atoms with E-state index in [0.717, 1.165) is 6.07 Å². The van der Waals surface area contributed by atoms with Gasteiger partial charge in [-0.2, -0.15) is 0 Å². The van der Waals surface area contributed by atoms with Gasteiger partial charge >= 0.3 is 5.97 Å². The zero-order chi connectivity index (χ0) is 19.4. The first kappa shape index (κ1) is 19.8. The molecule has 1 aromatic carbocycles. The minimum atomic E-state index is -1.34. The normalized spacial score (nSPS) is 21.4. The van der Waals surface area contributed by atoms with E-state index in [2.05, 4.69) is 4.90 Å². The van der Waals surface area contributed by atoms with Crippen molar-refractivity contribution in [3.8, 4) is 5.75 Å². The van der Waals surface area contributed by atoms with E-state index in [9.17, 15) is 19.1 Å². The molecule has 6 heteroatoms. The number of carbonyl (C=O) groups is 2. The Morgan fingerprint density at radius 2 is 1.78 bits per heavy atom. The molecule has 2 fully saturated rings. The number of carboxylic acids is 1. The first-order valence-corrected chi connectivity index (χ1v) is 9.88. The van der Waals surface area contributed by atoms with Gasteiger partial charge in [-0.1, -0.05) is 25.7 Å². The molecule has 148 valence electrons. The lowest BCUT2D eigenvalue weighted by Crippen LogP contribution is -2.55. The summed E-state index contributed by atoms with van der Waals surface area (Å²) in [5.74, 6) is -1.91. The van der Waals surface area contributed by atoms with E-state index in [0.29, 0.717) is 32.0 Å². The summed E-state index contributed by atoms with van der Waals surface area (Å²) >= 11 is 0. The highest BCUT2D eigenvalue weighted by atomic mass is 19.1. The number of nitrogens with zero attached hydrogens (tertiary/aromatic N) is 1. The van der Waals surface area contributed by atoms with Crippen molar-refractivity contribution in [1.82, 2.24) is 4.90 Å². The number of benzene rings is 1. The van der Waals surface area contributed by atoms with Crippen LogP contribution < -0.4 is 4.74 Å². The van der Waals surface area contributed by atoms with Gasteiger partial charge in [0.25, 0.3) is 0 Å². The van der Waals surface area contributed by atoms with Crippen LogP contribution in [-0.2, 0) is 4.79 Å². The molecule has 0 radical (unpaired) electrons. The molecular formula is C21H28FNO4. The van der Waals surface area contributed by atoms with Crippen LogP contribution in [0, 0.1) is 5.82 Å². The zero-order valence-corrected chi connectivity index (χ0v) is 15.9. The van der Waals surface area contributed by atoms with Crippen molar-refractivity contribution in [2.75, 3.05) is 13.1 Å². The van der Waals surface area contributed by atoms with E-state index in [-0.39, 0.29) is 17.1 Å². The van der Waals surface area contributed by atoms with E-state index in [1.54, 1.807) is 0 Å². The van der Waals surface area contributed by atoms with Gasteiger partial charge in [-0.3, -0.25) is 4.79 Å². The Hall–Kier alpha value is -1.95. The standard InChI is InChI=1S/C21H28FNO4/c1-15(24)18-9-8-17(14-19(18)22)27-21(20(25)26)10-12-23(13-11-21)16-6-4-2-3-5-7-16/h8-9,14,16H,2-7,10-13H2,1H3,(H,25,26). The number of aliphatic carboxylic acids is 1. The van der Waals surface area contributed by atoms with Crippen molar-refractivity contribution >= 4 is 11.8 Å². The lowest BCUT2D eigenvalue weighted by Gasteiger charge is -2.42. The van der Waals surface area contributed by atoms with E-state index in [4.69, 9.17) is 4.74 Å². The van der Waals surface area contributed by atoms with Gasteiger partial charge < -0.3 is 14.7 Å². The second-order valence-corrected chi connectivity index (χ2v) is 7.78. The van der Waals surface area contributed by atoms with Crippen molar-refractivity contribution in [2.45, 2.75) is 69.9 Å². The van der Waals surface area contributed by atoms with Gasteiger partial charge in [-0.25, -0.2) is 9.18 Å². The molecule has 5 nitrogen and oxygen atoms in total. The van der Waals surface area contributed by atoms with Crippen molar-refractivity contribution in [1.29, 1.82) is 0 Å². The number of ketones is 1. The molecule has 1 saturated carbocycles. The second kappa shape index (κ2) is 8.38. The molecule has 0 bridgehead atoms. The SMILES string of the molecule is CC(=O)c1ccc(OC2(C(=O)O)CCN(C3CCCCCC3)CC2)cc1F. The summed E-state index contributed by atoms with van der Waals surface area (Å²) in [4.78, 5) is 25.8. The lowest BCUT2D eigenvalue weighted by molar-refractivity contribution is -0.160. The Bertz CT molecular complexity index is 689. The molecular weight excluding hydrogens is 349 g/mol. The Labute approximate surface area is 159 Å². The quantitative estimate of drug-likeness (QED) is 0.619. The third kappa shape index (κ3) is 4.49. The molecule has 0 atom stereocenters. The van der Waals surface area contributed by atoms with Crippen LogP contribution in [0.1, 0.15) is 68.6 Å². The molecule has 0 amide bonds. The third-order valence-electron chi connectivity index (χ3n) is 5.97. The fourth-order valence-corrected chi connectivity index (χ4v) is 4.30. The number of carboxylic acid groups (broad SMARTS) is 1. The number of hydrogen-bond acceptors (Lipinski definition) is 4. The van der Waals surface area contributed by atoms with E-state index < -0.39 is 17.4 Å². The topological polar surface area (TPSA) is 66.8 Å². The van der Waals surface area contributed by atoms with Crippen LogP contribution in [0.25, 0.3) is 0 Å². The van der Waals surface area contributed by atoms with Crippen LogP contribution in [0.3, 0.4) is 0 Å². The zero-order valence-electron chi connectivity index (χ0n) is 15.9. The highest BCUT2D eigenvalue weighted by molar-refractivity contribution is 5.94. The smallest absolute Gasteiger partial charge is 0.348 e. The summed E-state index contributed by atoms with van der Waals surface area (Å²) < 4.78 is 19.9. The summed E-state index contributed by atoms with van der Waals surface area (Å²) in [5, 5.41) is 9.81. The van der Waals surface area contributed by atoms with Gasteiger partial charge in [-0.05, 0) is 31.9 Å². The van der Waals surface area contributed by atoms with E-state index in [1.165, 1.54) is 57.6 Å². The van der Waals surface area contributed by atoms with Crippen LogP contribution >= 0.6 is 0 Å². The third-order valence-corrected chi connectivity index (χ3v) is 5.97. The fourth-order valence-electron chi connectivity index (χ4n) is 4.30. The monoisotopic (exact) mass is 377 g/mol. The summed E-state index contributed by atoms with van der Waals surface area (Å²) in [6.45, 7) is 2.64. The number of hydrogen-bond donors (Lipinski definition) is 1. The molecule has 0 spiro atoms. The van der Waals surface area contributed by atoms with Crippen LogP contribution in [0.2, 0.25) is 0 Å². The van der Waals surface area contributed by atoms with Crippen LogP contribution in [0.5, 0.6) is 5.75 Å². The Morgan fingerprint density at radius 3 is 2.30 bits per heavy atom. The number of likely N-dealkylation sites (tertiary alicyclic amines) is 1. The van der Waals surface area contributed by atoms with E-state index in [1.807, 2.05) is 0 Å². The van der Waals surface area contributed by atoms with Crippen molar-refractivity contribution in [3.63, 3.8) is 0 Å². The Balaban J connectivity index is 1.70. The molecule has 1 aliphatic carbocycles. The van der Waals surface area contributed by atoms with Gasteiger partial charge in [0, 0.05) is 38.0 Å². The molecule has 1 heterocycles. The molecule has 1 aliphatic heterocycles. The number of piperidine rings is 1. The minimum Gasteiger partial charge on any atom is -0.478 e. The molecule has 1 saturated heterocycles. The van der Waals surface area contributed by atoms with Gasteiger partial charge in [0.15, 0.2) is 5.78 Å². The van der Waals surface area contributed by atoms with Crippen molar-refractivity contribution in [3.05, 3.63) is 29.6 Å². The first-order valence-electron chi connectivity index (χ1n) is 9.88.